The van der Waals surface area contributed by atoms with Crippen molar-refractivity contribution in [2.45, 2.75) is 19.8 Å². The molecule has 0 rings (SSSR count). The number of carbonyl (C=O) groups excluding carboxylic acids is 1. The van der Waals surface area contributed by atoms with Crippen LogP contribution in [-0.4, -0.2) is 51.2 Å². The van der Waals surface area contributed by atoms with Gasteiger partial charge in [-0.05, 0) is 19.9 Å². The minimum Gasteiger partial charge on any atom is -0.466 e. The van der Waals surface area contributed by atoms with E-state index in [0.29, 0.717) is 19.5 Å². The van der Waals surface area contributed by atoms with Gasteiger partial charge >= 0.3 is 5.97 Å². The monoisotopic (exact) mass is 252 g/mol. The predicted molar refractivity (Wildman–Crippen MR) is 61.3 cm³/mol. The van der Waals surface area contributed by atoms with Gasteiger partial charge in [0.05, 0.1) is 18.8 Å². The number of hydrogen-bond acceptors (Lipinski definition) is 5. The second-order valence-corrected chi connectivity index (χ2v) is 5.53. The zero-order valence-electron chi connectivity index (χ0n) is 9.81. The highest BCUT2D eigenvalue weighted by atomic mass is 32.2. The topological polar surface area (TPSA) is 89.7 Å². The lowest BCUT2D eigenvalue weighted by Gasteiger charge is -2.16. The number of carbonyl (C=O) groups is 1. The lowest BCUT2D eigenvalue weighted by molar-refractivity contribution is -0.142. The van der Waals surface area contributed by atoms with Gasteiger partial charge in [0.2, 0.25) is 10.0 Å². The second-order valence-electron chi connectivity index (χ2n) is 3.33. The van der Waals surface area contributed by atoms with Crippen LogP contribution in [0.1, 0.15) is 19.8 Å². The van der Waals surface area contributed by atoms with Crippen molar-refractivity contribution >= 4 is 16.0 Å². The van der Waals surface area contributed by atoms with E-state index in [2.05, 4.69) is 4.74 Å². The molecule has 0 unspecified atom stereocenters. The van der Waals surface area contributed by atoms with Gasteiger partial charge in [-0.3, -0.25) is 4.79 Å². The van der Waals surface area contributed by atoms with E-state index >= 15 is 0 Å². The van der Waals surface area contributed by atoms with Crippen molar-refractivity contribution in [2.75, 3.05) is 32.5 Å². The van der Waals surface area contributed by atoms with Crippen molar-refractivity contribution in [3.05, 3.63) is 0 Å². The molecular weight excluding hydrogens is 232 g/mol. The minimum atomic E-state index is -3.37. The van der Waals surface area contributed by atoms with Crippen molar-refractivity contribution in [2.24, 2.45) is 5.73 Å². The van der Waals surface area contributed by atoms with Crippen LogP contribution < -0.4 is 5.73 Å². The summed E-state index contributed by atoms with van der Waals surface area (Å²) in [6.07, 6.45) is 0.498. The van der Waals surface area contributed by atoms with Crippen LogP contribution >= 0.6 is 0 Å². The number of nitrogens with zero attached hydrogens (tertiary/aromatic N) is 1. The average Bonchev–Trinajstić information content (AvgIpc) is 2.23. The molecule has 0 aromatic rings. The zero-order chi connectivity index (χ0) is 12.6. The van der Waals surface area contributed by atoms with E-state index in [0.717, 1.165) is 0 Å². The van der Waals surface area contributed by atoms with Gasteiger partial charge in [-0.15, -0.1) is 0 Å². The third kappa shape index (κ3) is 6.04. The van der Waals surface area contributed by atoms with Gasteiger partial charge in [0.15, 0.2) is 0 Å². The molecule has 0 saturated carbocycles. The smallest absolute Gasteiger partial charge is 0.306 e. The van der Waals surface area contributed by atoms with Gasteiger partial charge in [0, 0.05) is 13.6 Å². The molecule has 16 heavy (non-hydrogen) atoms. The molecule has 0 saturated heterocycles. The average molecular weight is 252 g/mol. The van der Waals surface area contributed by atoms with Gasteiger partial charge in [0.25, 0.3) is 0 Å². The first kappa shape index (κ1) is 15.3. The molecule has 0 amide bonds. The van der Waals surface area contributed by atoms with Crippen LogP contribution in [0.5, 0.6) is 0 Å². The van der Waals surface area contributed by atoms with E-state index < -0.39 is 16.0 Å². The summed E-state index contributed by atoms with van der Waals surface area (Å²) >= 11 is 0. The molecule has 0 aliphatic rings. The van der Waals surface area contributed by atoms with Crippen LogP contribution in [0.2, 0.25) is 0 Å². The molecule has 0 heterocycles. The first-order chi connectivity index (χ1) is 7.44. The third-order valence-corrected chi connectivity index (χ3v) is 3.87. The number of esters is 1. The lowest BCUT2D eigenvalue weighted by atomic mass is 10.4. The molecule has 0 atom stereocenters. The maximum absolute atomic E-state index is 11.6. The number of sulfonamides is 1. The molecule has 0 bridgehead atoms. The van der Waals surface area contributed by atoms with Crippen molar-refractivity contribution in [1.29, 1.82) is 0 Å². The van der Waals surface area contributed by atoms with E-state index in [-0.39, 0.29) is 18.8 Å². The third-order valence-electron chi connectivity index (χ3n) is 2.02. The zero-order valence-corrected chi connectivity index (χ0v) is 10.6. The minimum absolute atomic E-state index is 0.108. The maximum atomic E-state index is 11.6. The molecule has 0 spiro atoms. The largest absolute Gasteiger partial charge is 0.466 e. The number of rotatable bonds is 8. The summed E-state index contributed by atoms with van der Waals surface area (Å²) in [6.45, 7) is 2.76. The van der Waals surface area contributed by atoms with Crippen molar-refractivity contribution in [3.8, 4) is 0 Å². The fourth-order valence-electron chi connectivity index (χ4n) is 1.05. The summed E-state index contributed by atoms with van der Waals surface area (Å²) in [4.78, 5) is 11.0. The Bertz CT molecular complexity index is 303. The van der Waals surface area contributed by atoms with Gasteiger partial charge in [0.1, 0.15) is 0 Å². The number of nitrogens with two attached hydrogens (primary N) is 1. The van der Waals surface area contributed by atoms with Gasteiger partial charge in [-0.1, -0.05) is 0 Å². The Labute approximate surface area is 96.8 Å². The van der Waals surface area contributed by atoms with Crippen molar-refractivity contribution in [3.63, 3.8) is 0 Å². The van der Waals surface area contributed by atoms with E-state index in [1.807, 2.05) is 0 Å². The molecule has 0 aromatic carbocycles. The molecule has 7 heteroatoms. The molecule has 2 N–H and O–H groups in total. The van der Waals surface area contributed by atoms with E-state index in [4.69, 9.17) is 5.73 Å². The molecule has 96 valence electrons. The van der Waals surface area contributed by atoms with Crippen molar-refractivity contribution < 1.29 is 17.9 Å². The Morgan fingerprint density at radius 3 is 2.56 bits per heavy atom. The normalized spacial score (nSPS) is 11.8. The fraction of sp³-hybridized carbons (Fsp3) is 0.889. The molecule has 0 aliphatic heterocycles. The number of hydrogen-bond donors (Lipinski definition) is 1. The summed E-state index contributed by atoms with van der Waals surface area (Å²) in [6, 6.07) is 0. The SMILES string of the molecule is CCOC(=O)CCS(=O)(=O)N(C)CCCN. The highest BCUT2D eigenvalue weighted by molar-refractivity contribution is 7.89. The standard InChI is InChI=1S/C9H20N2O4S/c1-3-15-9(12)5-8-16(13,14)11(2)7-4-6-10/h3-8,10H2,1-2H3. The Hall–Kier alpha value is -0.660. The maximum Gasteiger partial charge on any atom is 0.306 e. The highest BCUT2D eigenvalue weighted by Crippen LogP contribution is 2.02. The molecular formula is C9H20N2O4S. The van der Waals surface area contributed by atoms with E-state index in [1.165, 1.54) is 11.4 Å². The molecule has 0 fully saturated rings. The fourth-order valence-corrected chi connectivity index (χ4v) is 2.20. The molecule has 0 radical (unpaired) electrons. The number of ether oxygens (including phenoxy) is 1. The van der Waals surface area contributed by atoms with Crippen LogP contribution in [0.4, 0.5) is 0 Å². The Balaban J connectivity index is 4.08. The van der Waals surface area contributed by atoms with E-state index in [9.17, 15) is 13.2 Å². The Kier molecular flexibility index (Phi) is 7.27. The quantitative estimate of drug-likeness (QED) is 0.591. The Morgan fingerprint density at radius 1 is 1.44 bits per heavy atom. The summed E-state index contributed by atoms with van der Waals surface area (Å²) in [7, 11) is -1.89. The molecule has 0 aromatic heterocycles. The summed E-state index contributed by atoms with van der Waals surface area (Å²) in [5.41, 5.74) is 5.29. The summed E-state index contributed by atoms with van der Waals surface area (Å²) < 4.78 is 29.1. The first-order valence-corrected chi connectivity index (χ1v) is 6.84. The van der Waals surface area contributed by atoms with Crippen LogP contribution in [-0.2, 0) is 19.6 Å². The van der Waals surface area contributed by atoms with Crippen molar-refractivity contribution in [1.82, 2.24) is 4.31 Å². The Morgan fingerprint density at radius 2 is 2.06 bits per heavy atom. The van der Waals surface area contributed by atoms with Gasteiger partial charge < -0.3 is 10.5 Å². The lowest BCUT2D eigenvalue weighted by Crippen LogP contribution is -2.32. The second kappa shape index (κ2) is 7.59. The molecule has 6 nitrogen and oxygen atoms in total. The highest BCUT2D eigenvalue weighted by Gasteiger charge is 2.18. The van der Waals surface area contributed by atoms with Crippen LogP contribution in [0.15, 0.2) is 0 Å². The van der Waals surface area contributed by atoms with Crippen LogP contribution in [0.25, 0.3) is 0 Å². The predicted octanol–water partition coefficient (Wildman–Crippen LogP) is -0.450. The van der Waals surface area contributed by atoms with E-state index in [1.54, 1.807) is 6.92 Å². The van der Waals surface area contributed by atoms with Crippen LogP contribution in [0.3, 0.4) is 0 Å². The molecule has 0 aliphatic carbocycles. The van der Waals surface area contributed by atoms with Gasteiger partial charge in [-0.2, -0.15) is 0 Å². The summed E-state index contributed by atoms with van der Waals surface area (Å²) in [5, 5.41) is 0. The first-order valence-electron chi connectivity index (χ1n) is 5.23. The van der Waals surface area contributed by atoms with Crippen LogP contribution in [0, 0.1) is 0 Å². The van der Waals surface area contributed by atoms with Gasteiger partial charge in [-0.25, -0.2) is 12.7 Å². The summed E-state index contributed by atoms with van der Waals surface area (Å²) in [5.74, 6) is -0.703.